The average Bonchev–Trinajstić information content (AvgIpc) is 3.24. The van der Waals surface area contributed by atoms with Crippen molar-refractivity contribution in [3.05, 3.63) is 48.2 Å². The maximum Gasteiger partial charge on any atom is 0.255 e. The number of rotatable bonds is 4. The Kier molecular flexibility index (Phi) is 5.02. The molecule has 0 bridgehead atoms. The van der Waals surface area contributed by atoms with E-state index in [4.69, 9.17) is 4.74 Å². The van der Waals surface area contributed by atoms with E-state index in [1.54, 1.807) is 12.3 Å². The van der Waals surface area contributed by atoms with E-state index in [0.717, 1.165) is 43.4 Å². The van der Waals surface area contributed by atoms with Crippen molar-refractivity contribution >= 4 is 23.1 Å². The lowest BCUT2D eigenvalue weighted by molar-refractivity contribution is 0.102. The molecule has 2 aliphatic rings. The number of ether oxygens (including phenoxy) is 1. The van der Waals surface area contributed by atoms with Gasteiger partial charge < -0.3 is 19.9 Å². The van der Waals surface area contributed by atoms with Crippen LogP contribution in [0.5, 0.6) is 0 Å². The number of hydrogen-bond acceptors (Lipinski definition) is 5. The van der Waals surface area contributed by atoms with Crippen molar-refractivity contribution in [3.8, 4) is 0 Å². The summed E-state index contributed by atoms with van der Waals surface area (Å²) in [5, 5.41) is 3.07. The van der Waals surface area contributed by atoms with E-state index in [2.05, 4.69) is 20.1 Å². The van der Waals surface area contributed by atoms with Crippen molar-refractivity contribution in [3.63, 3.8) is 0 Å². The summed E-state index contributed by atoms with van der Waals surface area (Å²) >= 11 is 0. The minimum Gasteiger partial charge on any atom is -0.378 e. The van der Waals surface area contributed by atoms with Crippen molar-refractivity contribution in [2.24, 2.45) is 0 Å². The molecule has 4 rings (SSSR count). The summed E-state index contributed by atoms with van der Waals surface area (Å²) in [6.07, 6.45) is 4.09. The molecule has 0 unspecified atom stereocenters. The van der Waals surface area contributed by atoms with Gasteiger partial charge in [-0.3, -0.25) is 4.79 Å². The van der Waals surface area contributed by atoms with Gasteiger partial charge in [-0.25, -0.2) is 4.98 Å². The van der Waals surface area contributed by atoms with Gasteiger partial charge in [-0.1, -0.05) is 12.1 Å². The van der Waals surface area contributed by atoms with Crippen LogP contribution in [-0.4, -0.2) is 50.3 Å². The predicted octanol–water partition coefficient (Wildman–Crippen LogP) is 2.77. The molecule has 0 aliphatic carbocycles. The topological polar surface area (TPSA) is 57.7 Å². The zero-order chi connectivity index (χ0) is 17.8. The fraction of sp³-hybridized carbons (Fsp3) is 0.400. The summed E-state index contributed by atoms with van der Waals surface area (Å²) in [5.74, 6) is 0.783. The van der Waals surface area contributed by atoms with E-state index in [-0.39, 0.29) is 5.91 Å². The highest BCUT2D eigenvalue weighted by molar-refractivity contribution is 6.06. The maximum absolute atomic E-state index is 12.8. The first-order valence-electron chi connectivity index (χ1n) is 9.25. The molecule has 0 radical (unpaired) electrons. The number of nitrogens with one attached hydrogen (secondary N) is 1. The Morgan fingerprint density at radius 1 is 1.00 bits per heavy atom. The first-order chi connectivity index (χ1) is 12.8. The summed E-state index contributed by atoms with van der Waals surface area (Å²) in [5.41, 5.74) is 2.51. The molecule has 1 aromatic heterocycles. The van der Waals surface area contributed by atoms with Crippen LogP contribution in [0.15, 0.2) is 42.6 Å². The minimum atomic E-state index is -0.103. The van der Waals surface area contributed by atoms with Gasteiger partial charge in [0, 0.05) is 37.9 Å². The quantitative estimate of drug-likeness (QED) is 0.917. The third-order valence-corrected chi connectivity index (χ3v) is 4.94. The van der Waals surface area contributed by atoms with Crippen molar-refractivity contribution in [1.82, 2.24) is 4.98 Å². The summed E-state index contributed by atoms with van der Waals surface area (Å²) in [7, 11) is 0. The molecule has 1 N–H and O–H groups in total. The predicted molar refractivity (Wildman–Crippen MR) is 103 cm³/mol. The van der Waals surface area contributed by atoms with Crippen molar-refractivity contribution < 1.29 is 9.53 Å². The molecule has 1 aromatic carbocycles. The second-order valence-corrected chi connectivity index (χ2v) is 6.67. The van der Waals surface area contributed by atoms with Crippen LogP contribution < -0.4 is 15.1 Å². The van der Waals surface area contributed by atoms with Crippen LogP contribution in [-0.2, 0) is 4.74 Å². The third-order valence-electron chi connectivity index (χ3n) is 4.94. The Balaban J connectivity index is 1.52. The molecule has 6 nitrogen and oxygen atoms in total. The molecule has 1 amide bonds. The van der Waals surface area contributed by atoms with Gasteiger partial charge in [-0.05, 0) is 37.1 Å². The van der Waals surface area contributed by atoms with Gasteiger partial charge >= 0.3 is 0 Å². The summed E-state index contributed by atoms with van der Waals surface area (Å²) in [4.78, 5) is 21.7. The number of hydrogen-bond donors (Lipinski definition) is 1. The Bertz CT molecular complexity index is 768. The molecule has 2 saturated heterocycles. The Morgan fingerprint density at radius 3 is 2.58 bits per heavy atom. The highest BCUT2D eigenvalue weighted by atomic mass is 16.5. The first-order valence-corrected chi connectivity index (χ1v) is 9.25. The lowest BCUT2D eigenvalue weighted by Crippen LogP contribution is -2.36. The van der Waals surface area contributed by atoms with E-state index in [1.807, 2.05) is 30.3 Å². The highest BCUT2D eigenvalue weighted by Crippen LogP contribution is 2.27. The molecule has 26 heavy (non-hydrogen) atoms. The van der Waals surface area contributed by atoms with Gasteiger partial charge in [-0.2, -0.15) is 0 Å². The van der Waals surface area contributed by atoms with E-state index in [1.165, 1.54) is 12.8 Å². The first kappa shape index (κ1) is 16.8. The number of carbonyl (C=O) groups is 1. The van der Waals surface area contributed by atoms with Gasteiger partial charge in [0.2, 0.25) is 0 Å². The number of benzene rings is 1. The molecular weight excluding hydrogens is 328 g/mol. The number of amides is 1. The van der Waals surface area contributed by atoms with Gasteiger partial charge in [0.05, 0.1) is 24.6 Å². The van der Waals surface area contributed by atoms with Gasteiger partial charge in [0.1, 0.15) is 5.82 Å². The third kappa shape index (κ3) is 3.65. The molecular formula is C20H24N4O2. The maximum atomic E-state index is 12.8. The van der Waals surface area contributed by atoms with Gasteiger partial charge in [0.25, 0.3) is 5.91 Å². The summed E-state index contributed by atoms with van der Waals surface area (Å²) in [6.45, 7) is 5.12. The molecule has 2 fully saturated rings. The summed E-state index contributed by atoms with van der Waals surface area (Å²) in [6, 6.07) is 11.6. The van der Waals surface area contributed by atoms with E-state index in [9.17, 15) is 4.79 Å². The highest BCUT2D eigenvalue weighted by Gasteiger charge is 2.18. The largest absolute Gasteiger partial charge is 0.378 e. The Hall–Kier alpha value is -2.60. The number of nitrogens with zero attached hydrogens (tertiary/aromatic N) is 3. The zero-order valence-corrected chi connectivity index (χ0v) is 14.9. The fourth-order valence-electron chi connectivity index (χ4n) is 3.53. The second kappa shape index (κ2) is 7.74. The Labute approximate surface area is 153 Å². The molecule has 136 valence electrons. The van der Waals surface area contributed by atoms with Gasteiger partial charge in [0.15, 0.2) is 0 Å². The number of anilines is 3. The molecule has 0 atom stereocenters. The molecule has 0 saturated carbocycles. The summed E-state index contributed by atoms with van der Waals surface area (Å²) < 4.78 is 5.43. The van der Waals surface area contributed by atoms with Crippen LogP contribution in [0, 0.1) is 0 Å². The molecule has 6 heteroatoms. The fourth-order valence-corrected chi connectivity index (χ4v) is 3.53. The second-order valence-electron chi connectivity index (χ2n) is 6.67. The average molecular weight is 352 g/mol. The van der Waals surface area contributed by atoms with E-state index < -0.39 is 0 Å². The van der Waals surface area contributed by atoms with Gasteiger partial charge in [-0.15, -0.1) is 0 Å². The van der Waals surface area contributed by atoms with Crippen LogP contribution in [0.2, 0.25) is 0 Å². The van der Waals surface area contributed by atoms with Crippen LogP contribution in [0.3, 0.4) is 0 Å². The zero-order valence-electron chi connectivity index (χ0n) is 14.9. The van der Waals surface area contributed by atoms with Crippen molar-refractivity contribution in [1.29, 1.82) is 0 Å². The molecule has 3 heterocycles. The number of para-hydroxylation sites is 2. The van der Waals surface area contributed by atoms with Crippen LogP contribution in [0.1, 0.15) is 23.2 Å². The molecule has 2 aliphatic heterocycles. The number of aromatic nitrogens is 1. The van der Waals surface area contributed by atoms with E-state index >= 15 is 0 Å². The number of carbonyl (C=O) groups excluding carboxylic acids is 1. The SMILES string of the molecule is O=C(Nc1ccccc1N1CCOCC1)c1ccnc(N2CCCC2)c1. The van der Waals surface area contributed by atoms with Crippen molar-refractivity contribution in [2.75, 3.05) is 54.5 Å². The lowest BCUT2D eigenvalue weighted by atomic mass is 10.2. The van der Waals surface area contributed by atoms with Crippen LogP contribution >= 0.6 is 0 Å². The molecule has 2 aromatic rings. The normalized spacial score (nSPS) is 17.4. The lowest BCUT2D eigenvalue weighted by Gasteiger charge is -2.30. The Morgan fingerprint density at radius 2 is 1.77 bits per heavy atom. The number of morpholine rings is 1. The van der Waals surface area contributed by atoms with Crippen LogP contribution in [0.4, 0.5) is 17.2 Å². The van der Waals surface area contributed by atoms with Crippen molar-refractivity contribution in [2.45, 2.75) is 12.8 Å². The standard InChI is InChI=1S/C20H24N4O2/c25-20(16-7-8-21-19(15-16)24-9-3-4-10-24)22-17-5-1-2-6-18(17)23-11-13-26-14-12-23/h1-2,5-8,15H,3-4,9-14H2,(H,22,25). The smallest absolute Gasteiger partial charge is 0.255 e. The van der Waals surface area contributed by atoms with E-state index in [0.29, 0.717) is 18.8 Å². The molecule has 0 spiro atoms. The van der Waals surface area contributed by atoms with Crippen LogP contribution in [0.25, 0.3) is 0 Å². The number of pyridine rings is 1. The monoisotopic (exact) mass is 352 g/mol. The minimum absolute atomic E-state index is 0.103.